The van der Waals surface area contributed by atoms with Crippen LogP contribution in [0.15, 0.2) is 0 Å². The third kappa shape index (κ3) is 6.22. The zero-order valence-electron chi connectivity index (χ0n) is 21.9. The number of esters is 2. The summed E-state index contributed by atoms with van der Waals surface area (Å²) in [5.74, 6) is -0.496. The maximum atomic E-state index is 12.2. The maximum Gasteiger partial charge on any atom is 0.305 e. The smallest absolute Gasteiger partial charge is 0.305 e. The molecule has 2 saturated heterocycles. The first-order chi connectivity index (χ1) is 14.3. The topological polar surface area (TPSA) is 101 Å². The molecular formula is C24H46N4O4. The van der Waals surface area contributed by atoms with Crippen LogP contribution < -0.4 is 21.3 Å². The van der Waals surface area contributed by atoms with Crippen LogP contribution in [0, 0.1) is 0 Å². The lowest BCUT2D eigenvalue weighted by atomic mass is 9.85. The lowest BCUT2D eigenvalue weighted by Crippen LogP contribution is -2.53. The van der Waals surface area contributed by atoms with Crippen molar-refractivity contribution in [2.75, 3.05) is 13.2 Å². The average Bonchev–Trinajstić information content (AvgIpc) is 2.87. The molecule has 2 fully saturated rings. The van der Waals surface area contributed by atoms with Gasteiger partial charge in [-0.2, -0.15) is 0 Å². The molecule has 2 rings (SSSR count). The Morgan fingerprint density at radius 2 is 0.781 bits per heavy atom. The first-order valence-electron chi connectivity index (χ1n) is 11.8. The highest BCUT2D eigenvalue weighted by molar-refractivity contribution is 5.70. The van der Waals surface area contributed by atoms with Crippen molar-refractivity contribution in [2.24, 2.45) is 0 Å². The Morgan fingerprint density at radius 3 is 1.03 bits per heavy atom. The fourth-order valence-corrected chi connectivity index (χ4v) is 4.72. The Morgan fingerprint density at radius 1 is 0.531 bits per heavy atom. The van der Waals surface area contributed by atoms with Crippen LogP contribution in [0.2, 0.25) is 0 Å². The van der Waals surface area contributed by atoms with E-state index in [9.17, 15) is 9.59 Å². The van der Waals surface area contributed by atoms with Gasteiger partial charge in [0.25, 0.3) is 0 Å². The predicted octanol–water partition coefficient (Wildman–Crippen LogP) is 2.57. The van der Waals surface area contributed by atoms with E-state index in [-0.39, 0.29) is 47.3 Å². The summed E-state index contributed by atoms with van der Waals surface area (Å²) in [5, 5.41) is 14.1. The van der Waals surface area contributed by atoms with E-state index >= 15 is 0 Å². The summed E-state index contributed by atoms with van der Waals surface area (Å²) in [5.41, 5.74) is -1.43. The molecule has 0 aromatic rings. The Hall–Kier alpha value is -1.22. The van der Waals surface area contributed by atoms with Crippen LogP contribution in [-0.4, -0.2) is 58.6 Å². The number of carbonyl (C=O) groups excluding carboxylic acids is 2. The highest BCUT2D eigenvalue weighted by Gasteiger charge is 2.52. The quantitative estimate of drug-likeness (QED) is 0.312. The van der Waals surface area contributed by atoms with Gasteiger partial charge in [0.05, 0.1) is 0 Å². The van der Waals surface area contributed by atoms with Gasteiger partial charge in [-0.15, -0.1) is 0 Å². The molecule has 0 saturated carbocycles. The molecule has 32 heavy (non-hydrogen) atoms. The van der Waals surface area contributed by atoms with Crippen molar-refractivity contribution in [1.29, 1.82) is 0 Å². The van der Waals surface area contributed by atoms with Gasteiger partial charge >= 0.3 is 11.9 Å². The second kappa shape index (κ2) is 8.85. The first kappa shape index (κ1) is 27.0. The van der Waals surface area contributed by atoms with Crippen molar-refractivity contribution in [3.8, 4) is 0 Å². The number of hydrogen-bond donors (Lipinski definition) is 4. The van der Waals surface area contributed by atoms with Gasteiger partial charge < -0.3 is 9.47 Å². The fourth-order valence-electron chi connectivity index (χ4n) is 4.72. The molecule has 0 radical (unpaired) electrons. The third-order valence-corrected chi connectivity index (χ3v) is 7.53. The lowest BCUT2D eigenvalue weighted by molar-refractivity contribution is -0.148. The van der Waals surface area contributed by atoms with Crippen LogP contribution in [0.1, 0.15) is 94.9 Å². The number of hydrogen-bond acceptors (Lipinski definition) is 8. The summed E-state index contributed by atoms with van der Waals surface area (Å²) in [4.78, 5) is 24.3. The summed E-state index contributed by atoms with van der Waals surface area (Å²) in [7, 11) is 0. The summed E-state index contributed by atoms with van der Waals surface area (Å²) in [6.07, 6.45) is 1.77. The van der Waals surface area contributed by atoms with Gasteiger partial charge in [-0.05, 0) is 82.1 Å². The molecule has 2 aliphatic heterocycles. The molecule has 8 heteroatoms. The second-order valence-electron chi connectivity index (χ2n) is 12.2. The number of ether oxygens (including phenoxy) is 2. The van der Waals surface area contributed by atoms with E-state index in [1.165, 1.54) is 0 Å². The van der Waals surface area contributed by atoms with Gasteiger partial charge in [0, 0.05) is 35.0 Å². The van der Waals surface area contributed by atoms with Crippen molar-refractivity contribution in [3.05, 3.63) is 0 Å². The fraction of sp³-hybridized carbons (Fsp3) is 0.917. The molecule has 2 heterocycles. The first-order valence-corrected chi connectivity index (χ1v) is 11.8. The van der Waals surface area contributed by atoms with Crippen LogP contribution >= 0.6 is 0 Å². The van der Waals surface area contributed by atoms with Crippen molar-refractivity contribution in [2.45, 2.75) is 128 Å². The van der Waals surface area contributed by atoms with Crippen LogP contribution in [0.5, 0.6) is 0 Å². The van der Waals surface area contributed by atoms with E-state index in [4.69, 9.17) is 9.47 Å². The molecule has 0 aliphatic carbocycles. The molecule has 186 valence electrons. The van der Waals surface area contributed by atoms with Crippen LogP contribution in [-0.2, 0) is 19.1 Å². The molecule has 0 aromatic carbocycles. The molecule has 0 amide bonds. The zero-order chi connectivity index (χ0) is 24.6. The molecule has 0 spiro atoms. The van der Waals surface area contributed by atoms with Gasteiger partial charge in [0.2, 0.25) is 0 Å². The number of nitrogens with one attached hydrogen (secondary N) is 4. The summed E-state index contributed by atoms with van der Waals surface area (Å²) in [6, 6.07) is 0. The maximum absolute atomic E-state index is 12.2. The standard InChI is InChI=1S/C24H46N4O4/c1-19(2)20(3,4)26-23(9,25-19)15-31-17(29)13-11-12-14-18(30)32-16-24(10)27-21(5,6)22(7,8)28-24/h25-28H,11-16H2,1-10H3. The summed E-state index contributed by atoms with van der Waals surface area (Å²) < 4.78 is 11.0. The number of carbonyl (C=O) groups is 2. The van der Waals surface area contributed by atoms with Crippen molar-refractivity contribution in [1.82, 2.24) is 21.3 Å². The Labute approximate surface area is 194 Å². The molecule has 4 N–H and O–H groups in total. The van der Waals surface area contributed by atoms with Crippen molar-refractivity contribution < 1.29 is 19.1 Å². The molecule has 0 unspecified atom stereocenters. The largest absolute Gasteiger partial charge is 0.462 e. The van der Waals surface area contributed by atoms with Crippen LogP contribution in [0.25, 0.3) is 0 Å². The van der Waals surface area contributed by atoms with Gasteiger partial charge in [0.1, 0.15) is 24.5 Å². The van der Waals surface area contributed by atoms with Gasteiger partial charge in [-0.3, -0.25) is 30.9 Å². The summed E-state index contributed by atoms with van der Waals surface area (Å²) in [6.45, 7) is 21.6. The minimum atomic E-state index is -0.464. The highest BCUT2D eigenvalue weighted by Crippen LogP contribution is 2.32. The molecule has 2 aliphatic rings. The van der Waals surface area contributed by atoms with E-state index in [0.29, 0.717) is 25.7 Å². The molecule has 0 aromatic heterocycles. The third-order valence-electron chi connectivity index (χ3n) is 7.53. The van der Waals surface area contributed by atoms with E-state index in [0.717, 1.165) is 0 Å². The second-order valence-corrected chi connectivity index (χ2v) is 12.2. The number of unbranched alkanes of at least 4 members (excludes halogenated alkanes) is 1. The predicted molar refractivity (Wildman–Crippen MR) is 126 cm³/mol. The number of rotatable bonds is 9. The SMILES string of the molecule is CC1(COC(=O)CCCCC(=O)OCC2(C)NC(C)(C)C(C)(C)N2)NC(C)(C)C(C)(C)N1. The van der Waals surface area contributed by atoms with Gasteiger partial charge in [0.15, 0.2) is 0 Å². The Balaban J connectivity index is 1.63. The minimum absolute atomic E-state index is 0.124. The molecule has 0 bridgehead atoms. The lowest BCUT2D eigenvalue weighted by Gasteiger charge is -2.33. The normalized spacial score (nSPS) is 25.9. The van der Waals surface area contributed by atoms with E-state index in [1.54, 1.807) is 0 Å². The monoisotopic (exact) mass is 454 g/mol. The molecule has 8 nitrogen and oxygen atoms in total. The van der Waals surface area contributed by atoms with E-state index < -0.39 is 11.3 Å². The van der Waals surface area contributed by atoms with E-state index in [2.05, 4.69) is 76.7 Å². The van der Waals surface area contributed by atoms with Gasteiger partial charge in [-0.25, -0.2) is 0 Å². The van der Waals surface area contributed by atoms with Gasteiger partial charge in [-0.1, -0.05) is 0 Å². The minimum Gasteiger partial charge on any atom is -0.462 e. The molecule has 0 atom stereocenters. The Bertz CT molecular complexity index is 623. The van der Waals surface area contributed by atoms with Crippen LogP contribution in [0.4, 0.5) is 0 Å². The highest BCUT2D eigenvalue weighted by atomic mass is 16.5. The van der Waals surface area contributed by atoms with Crippen molar-refractivity contribution in [3.63, 3.8) is 0 Å². The molecular weight excluding hydrogens is 408 g/mol. The zero-order valence-corrected chi connectivity index (χ0v) is 21.9. The Kier molecular flexibility index (Phi) is 7.48. The summed E-state index contributed by atoms with van der Waals surface area (Å²) >= 11 is 0. The van der Waals surface area contributed by atoms with Crippen LogP contribution in [0.3, 0.4) is 0 Å². The average molecular weight is 455 g/mol. The van der Waals surface area contributed by atoms with E-state index in [1.807, 2.05) is 13.8 Å². The van der Waals surface area contributed by atoms with Crippen molar-refractivity contribution >= 4 is 11.9 Å².